The summed E-state index contributed by atoms with van der Waals surface area (Å²) in [6.07, 6.45) is -8.40. The largest absolute Gasteiger partial charge is 0.433 e. The van der Waals surface area contributed by atoms with Crippen molar-refractivity contribution in [2.45, 2.75) is 26.2 Å². The summed E-state index contributed by atoms with van der Waals surface area (Å²) in [6.45, 7) is 3.62. The van der Waals surface area contributed by atoms with Crippen molar-refractivity contribution in [2.24, 2.45) is 5.41 Å². The molecule has 0 atom stereocenters. The molecule has 3 aromatic heterocycles. The number of aliphatic hydroxyl groups is 1. The first kappa shape index (κ1) is 25.1. The number of nitrogens with one attached hydrogen (secondary N) is 2. The van der Waals surface area contributed by atoms with Crippen molar-refractivity contribution >= 4 is 17.3 Å². The molecule has 0 aromatic carbocycles. The van der Waals surface area contributed by atoms with E-state index in [0.29, 0.717) is 0 Å². The van der Waals surface area contributed by atoms with Gasteiger partial charge < -0.3 is 15.7 Å². The molecule has 0 unspecified atom stereocenters. The predicted octanol–water partition coefficient (Wildman–Crippen LogP) is 5.15. The van der Waals surface area contributed by atoms with Crippen LogP contribution < -0.4 is 10.6 Å². The lowest BCUT2D eigenvalue weighted by atomic mass is 9.95. The lowest BCUT2D eigenvalue weighted by Gasteiger charge is -2.22. The molecule has 0 spiro atoms. The first-order valence-corrected chi connectivity index (χ1v) is 9.85. The number of nitrogens with zero attached hydrogens (tertiary/aromatic N) is 4. The average molecular weight is 486 g/mol. The van der Waals surface area contributed by atoms with E-state index in [9.17, 15) is 31.4 Å². The van der Waals surface area contributed by atoms with Crippen LogP contribution in [0.2, 0.25) is 0 Å². The highest BCUT2D eigenvalue weighted by atomic mass is 19.4. The van der Waals surface area contributed by atoms with Gasteiger partial charge in [0.2, 0.25) is 0 Å². The Morgan fingerprint density at radius 3 is 2.18 bits per heavy atom. The van der Waals surface area contributed by atoms with Gasteiger partial charge in [0.25, 0.3) is 0 Å². The van der Waals surface area contributed by atoms with Crippen LogP contribution in [-0.4, -0.2) is 38.2 Å². The number of aromatic nitrogens is 4. The summed E-state index contributed by atoms with van der Waals surface area (Å²) in [7, 11) is 0. The maximum atomic E-state index is 13.1. The van der Waals surface area contributed by atoms with Gasteiger partial charge in [-0.2, -0.15) is 26.3 Å². The van der Waals surface area contributed by atoms with E-state index in [1.54, 1.807) is 13.8 Å². The monoisotopic (exact) mass is 486 g/mol. The van der Waals surface area contributed by atoms with Crippen LogP contribution in [0.4, 0.5) is 43.7 Å². The van der Waals surface area contributed by atoms with Crippen molar-refractivity contribution < 1.29 is 31.4 Å². The Labute approximate surface area is 190 Å². The lowest BCUT2D eigenvalue weighted by molar-refractivity contribution is -0.141. The molecule has 0 amide bonds. The molecule has 3 heterocycles. The van der Waals surface area contributed by atoms with Crippen LogP contribution in [0.5, 0.6) is 0 Å². The third-order valence-electron chi connectivity index (χ3n) is 4.49. The molecular weight excluding hydrogens is 466 g/mol. The Kier molecular flexibility index (Phi) is 6.96. The van der Waals surface area contributed by atoms with Crippen LogP contribution in [0, 0.1) is 5.41 Å². The molecule has 13 heteroatoms. The fourth-order valence-corrected chi connectivity index (χ4v) is 2.63. The topological polar surface area (TPSA) is 95.8 Å². The quantitative estimate of drug-likeness (QED) is 0.398. The summed E-state index contributed by atoms with van der Waals surface area (Å²) in [5, 5.41) is 15.1. The Morgan fingerprint density at radius 2 is 1.53 bits per heavy atom. The molecule has 0 saturated carbocycles. The minimum atomic E-state index is -4.69. The summed E-state index contributed by atoms with van der Waals surface area (Å²) < 4.78 is 78.3. The Morgan fingerprint density at radius 1 is 0.853 bits per heavy atom. The minimum Gasteiger partial charge on any atom is -0.396 e. The standard InChI is InChI=1S/C21H20F6N6O/c1-19(2,11-34)10-29-16-9-17(30-12-6-7-28-15(8-12)21(25,26)27)33-18(32-16)13-4-3-5-14(31-13)20(22,23)24/h3-9,34H,10-11H2,1-2H3,(H2,28,29,30,32,33). The number of alkyl halides is 6. The number of rotatable bonds is 7. The average Bonchev–Trinajstić information content (AvgIpc) is 2.77. The predicted molar refractivity (Wildman–Crippen MR) is 112 cm³/mol. The molecule has 182 valence electrons. The van der Waals surface area contributed by atoms with Crippen LogP contribution in [-0.2, 0) is 12.4 Å². The van der Waals surface area contributed by atoms with E-state index in [-0.39, 0.29) is 42.0 Å². The van der Waals surface area contributed by atoms with Gasteiger partial charge >= 0.3 is 12.4 Å². The van der Waals surface area contributed by atoms with E-state index in [2.05, 4.69) is 30.6 Å². The Bertz CT molecular complexity index is 1150. The zero-order valence-corrected chi connectivity index (χ0v) is 18.0. The van der Waals surface area contributed by atoms with Gasteiger partial charge in [0, 0.05) is 36.5 Å². The summed E-state index contributed by atoms with van der Waals surface area (Å²) in [4.78, 5) is 15.2. The van der Waals surface area contributed by atoms with Gasteiger partial charge in [-0.05, 0) is 24.3 Å². The zero-order chi connectivity index (χ0) is 25.1. The second-order valence-corrected chi connectivity index (χ2v) is 8.10. The minimum absolute atomic E-state index is 0.00520. The van der Waals surface area contributed by atoms with Crippen molar-refractivity contribution in [3.05, 3.63) is 54.0 Å². The third kappa shape index (κ3) is 6.53. The summed E-state index contributed by atoms with van der Waals surface area (Å²) in [6, 6.07) is 6.65. The number of anilines is 3. The summed E-state index contributed by atoms with van der Waals surface area (Å²) in [5.74, 6) is -0.0170. The Hall–Kier alpha value is -3.48. The van der Waals surface area contributed by atoms with Gasteiger partial charge in [-0.1, -0.05) is 19.9 Å². The first-order valence-electron chi connectivity index (χ1n) is 9.85. The zero-order valence-electron chi connectivity index (χ0n) is 18.0. The molecule has 0 fully saturated rings. The third-order valence-corrected chi connectivity index (χ3v) is 4.49. The van der Waals surface area contributed by atoms with E-state index < -0.39 is 29.2 Å². The molecule has 0 aliphatic rings. The second-order valence-electron chi connectivity index (χ2n) is 8.10. The number of pyridine rings is 2. The van der Waals surface area contributed by atoms with E-state index in [1.165, 1.54) is 18.2 Å². The van der Waals surface area contributed by atoms with Crippen LogP contribution in [0.25, 0.3) is 11.5 Å². The van der Waals surface area contributed by atoms with E-state index in [1.807, 2.05) is 0 Å². The highest BCUT2D eigenvalue weighted by Gasteiger charge is 2.33. The number of hydrogen-bond acceptors (Lipinski definition) is 7. The van der Waals surface area contributed by atoms with E-state index >= 15 is 0 Å². The van der Waals surface area contributed by atoms with Crippen molar-refractivity contribution in [3.8, 4) is 11.5 Å². The molecule has 0 aliphatic carbocycles. The van der Waals surface area contributed by atoms with Gasteiger partial charge in [0.05, 0.1) is 0 Å². The fourth-order valence-electron chi connectivity index (χ4n) is 2.63. The van der Waals surface area contributed by atoms with Gasteiger partial charge in [-0.25, -0.2) is 15.0 Å². The molecule has 0 bridgehead atoms. The molecule has 0 radical (unpaired) electrons. The van der Waals surface area contributed by atoms with Gasteiger partial charge in [0.1, 0.15) is 28.7 Å². The van der Waals surface area contributed by atoms with Crippen LogP contribution in [0.1, 0.15) is 25.2 Å². The van der Waals surface area contributed by atoms with Crippen LogP contribution >= 0.6 is 0 Å². The van der Waals surface area contributed by atoms with Crippen molar-refractivity contribution in [1.82, 2.24) is 19.9 Å². The first-order chi connectivity index (χ1) is 15.8. The molecule has 0 saturated heterocycles. The summed E-state index contributed by atoms with van der Waals surface area (Å²) in [5.41, 5.74) is -3.01. The number of aliphatic hydroxyl groups excluding tert-OH is 1. The molecular formula is C21H20F6N6O. The SMILES string of the molecule is CC(C)(CO)CNc1cc(Nc2ccnc(C(F)(F)F)c2)nc(-c2cccc(C(F)(F)F)n2)n1. The molecule has 3 aromatic rings. The molecule has 34 heavy (non-hydrogen) atoms. The van der Waals surface area contributed by atoms with Crippen LogP contribution in [0.15, 0.2) is 42.6 Å². The normalized spacial score (nSPS) is 12.5. The number of halogens is 6. The van der Waals surface area contributed by atoms with Crippen molar-refractivity contribution in [2.75, 3.05) is 23.8 Å². The Balaban J connectivity index is 2.02. The van der Waals surface area contributed by atoms with Gasteiger partial charge in [0.15, 0.2) is 5.82 Å². The molecule has 0 aliphatic heterocycles. The fraction of sp³-hybridized carbons (Fsp3) is 0.333. The highest BCUT2D eigenvalue weighted by Crippen LogP contribution is 2.31. The van der Waals surface area contributed by atoms with E-state index in [0.717, 1.165) is 24.4 Å². The lowest BCUT2D eigenvalue weighted by Crippen LogP contribution is -2.27. The maximum absolute atomic E-state index is 13.1. The van der Waals surface area contributed by atoms with E-state index in [4.69, 9.17) is 0 Å². The molecule has 3 N–H and O–H groups in total. The summed E-state index contributed by atoms with van der Waals surface area (Å²) >= 11 is 0. The molecule has 7 nitrogen and oxygen atoms in total. The second kappa shape index (κ2) is 9.41. The number of hydrogen-bond donors (Lipinski definition) is 3. The highest BCUT2D eigenvalue weighted by molar-refractivity contribution is 5.63. The maximum Gasteiger partial charge on any atom is 0.433 e. The van der Waals surface area contributed by atoms with Crippen molar-refractivity contribution in [3.63, 3.8) is 0 Å². The smallest absolute Gasteiger partial charge is 0.396 e. The van der Waals surface area contributed by atoms with Crippen LogP contribution in [0.3, 0.4) is 0 Å². The molecule has 3 rings (SSSR count). The van der Waals surface area contributed by atoms with Gasteiger partial charge in [-0.3, -0.25) is 4.98 Å². The van der Waals surface area contributed by atoms with Gasteiger partial charge in [-0.15, -0.1) is 0 Å². The van der Waals surface area contributed by atoms with Crippen molar-refractivity contribution in [1.29, 1.82) is 0 Å².